The van der Waals surface area contributed by atoms with Gasteiger partial charge in [0.25, 0.3) is 0 Å². The van der Waals surface area contributed by atoms with E-state index in [1.807, 2.05) is 37.3 Å². The third-order valence-electron chi connectivity index (χ3n) is 3.51. The molecule has 0 bridgehead atoms. The lowest BCUT2D eigenvalue weighted by Crippen LogP contribution is -1.97. The van der Waals surface area contributed by atoms with E-state index in [4.69, 9.17) is 16.0 Å². The summed E-state index contributed by atoms with van der Waals surface area (Å²) in [5.74, 6) is 1.34. The van der Waals surface area contributed by atoms with Gasteiger partial charge in [-0.2, -0.15) is 0 Å². The first kappa shape index (κ1) is 14.7. The number of anilines is 1. The number of hydrogen-bond donors (Lipinski definition) is 1. The highest BCUT2D eigenvalue weighted by Crippen LogP contribution is 2.29. The maximum atomic E-state index is 12.9. The molecule has 0 atom stereocenters. The fourth-order valence-corrected chi connectivity index (χ4v) is 2.42. The highest BCUT2D eigenvalue weighted by Gasteiger charge is 2.09. The fourth-order valence-electron chi connectivity index (χ4n) is 2.25. The fraction of sp³-hybridized carbons (Fsp3) is 0.111. The summed E-state index contributed by atoms with van der Waals surface area (Å²) < 4.78 is 18.7. The number of benzene rings is 2. The van der Waals surface area contributed by atoms with Crippen molar-refractivity contribution in [2.45, 2.75) is 13.5 Å². The van der Waals surface area contributed by atoms with Crippen molar-refractivity contribution in [3.63, 3.8) is 0 Å². The molecule has 0 spiro atoms. The van der Waals surface area contributed by atoms with Crippen LogP contribution in [0.25, 0.3) is 11.3 Å². The van der Waals surface area contributed by atoms with Gasteiger partial charge in [0.05, 0.1) is 6.54 Å². The van der Waals surface area contributed by atoms with Crippen LogP contribution >= 0.6 is 11.6 Å². The normalized spacial score (nSPS) is 10.7. The van der Waals surface area contributed by atoms with Crippen LogP contribution in [0.1, 0.15) is 11.3 Å². The number of halogens is 2. The molecule has 1 heterocycles. The number of hydrogen-bond acceptors (Lipinski definition) is 2. The predicted octanol–water partition coefficient (Wildman–Crippen LogP) is 5.66. The van der Waals surface area contributed by atoms with Crippen LogP contribution < -0.4 is 5.32 Å². The lowest BCUT2D eigenvalue weighted by Gasteiger charge is -2.05. The molecule has 0 saturated heterocycles. The van der Waals surface area contributed by atoms with Crippen LogP contribution in [0.3, 0.4) is 0 Å². The Hall–Kier alpha value is -2.26. The molecular formula is C18H15ClFNO. The van der Waals surface area contributed by atoms with Crippen LogP contribution in [-0.2, 0) is 6.54 Å². The van der Waals surface area contributed by atoms with E-state index >= 15 is 0 Å². The van der Waals surface area contributed by atoms with Crippen LogP contribution in [0, 0.1) is 12.7 Å². The van der Waals surface area contributed by atoms with Crippen molar-refractivity contribution in [3.8, 4) is 11.3 Å². The maximum absolute atomic E-state index is 12.9. The van der Waals surface area contributed by atoms with Gasteiger partial charge in [0.2, 0.25) is 0 Å². The van der Waals surface area contributed by atoms with Gasteiger partial charge in [-0.3, -0.25) is 0 Å². The molecule has 0 fully saturated rings. The molecule has 0 aliphatic heterocycles. The first-order valence-electron chi connectivity index (χ1n) is 6.97. The average Bonchev–Trinajstić information content (AvgIpc) is 2.98. The van der Waals surface area contributed by atoms with Gasteiger partial charge in [-0.05, 0) is 55.0 Å². The third-order valence-corrected chi connectivity index (χ3v) is 3.92. The van der Waals surface area contributed by atoms with E-state index in [0.29, 0.717) is 6.54 Å². The number of nitrogens with one attached hydrogen (secondary N) is 1. The Morgan fingerprint density at radius 1 is 1.05 bits per heavy atom. The summed E-state index contributed by atoms with van der Waals surface area (Å²) in [6, 6.07) is 15.8. The zero-order chi connectivity index (χ0) is 15.5. The predicted molar refractivity (Wildman–Crippen MR) is 87.6 cm³/mol. The lowest BCUT2D eigenvalue weighted by atomic mass is 10.1. The number of furan rings is 1. The van der Waals surface area contributed by atoms with Crippen molar-refractivity contribution in [1.29, 1.82) is 0 Å². The molecule has 0 radical (unpaired) electrons. The minimum Gasteiger partial charge on any atom is -0.459 e. The Kier molecular flexibility index (Phi) is 4.16. The van der Waals surface area contributed by atoms with E-state index < -0.39 is 0 Å². The van der Waals surface area contributed by atoms with E-state index in [1.54, 1.807) is 12.1 Å². The Labute approximate surface area is 133 Å². The summed E-state index contributed by atoms with van der Waals surface area (Å²) in [7, 11) is 0. The average molecular weight is 316 g/mol. The Morgan fingerprint density at radius 3 is 2.59 bits per heavy atom. The summed E-state index contributed by atoms with van der Waals surface area (Å²) in [6.45, 7) is 2.50. The number of rotatable bonds is 4. The van der Waals surface area contributed by atoms with Crippen LogP contribution in [0.5, 0.6) is 0 Å². The molecule has 0 saturated carbocycles. The standard InChI is InChI=1S/C18H15ClFNO/c1-12-16(3-2-4-17(12)19)18-10-9-15(22-18)11-21-14-7-5-13(20)6-8-14/h2-10,21H,11H2,1H3. The first-order valence-corrected chi connectivity index (χ1v) is 7.35. The molecule has 3 rings (SSSR count). The van der Waals surface area contributed by atoms with Gasteiger partial charge in [-0.15, -0.1) is 0 Å². The second kappa shape index (κ2) is 6.24. The second-order valence-electron chi connectivity index (χ2n) is 5.04. The molecule has 0 amide bonds. The molecule has 2 aromatic carbocycles. The van der Waals surface area contributed by atoms with Crippen molar-refractivity contribution in [3.05, 3.63) is 76.8 Å². The van der Waals surface area contributed by atoms with Gasteiger partial charge in [-0.1, -0.05) is 23.7 Å². The minimum absolute atomic E-state index is 0.248. The van der Waals surface area contributed by atoms with Crippen molar-refractivity contribution >= 4 is 17.3 Å². The summed E-state index contributed by atoms with van der Waals surface area (Å²) in [6.07, 6.45) is 0. The second-order valence-corrected chi connectivity index (χ2v) is 5.45. The zero-order valence-electron chi connectivity index (χ0n) is 12.1. The summed E-state index contributed by atoms with van der Waals surface area (Å²) >= 11 is 6.14. The molecule has 0 aliphatic carbocycles. The third kappa shape index (κ3) is 3.15. The van der Waals surface area contributed by atoms with Crippen molar-refractivity contribution in [1.82, 2.24) is 0 Å². The van der Waals surface area contributed by atoms with Crippen LogP contribution in [0.2, 0.25) is 5.02 Å². The van der Waals surface area contributed by atoms with Gasteiger partial charge in [-0.25, -0.2) is 4.39 Å². The first-order chi connectivity index (χ1) is 10.6. The SMILES string of the molecule is Cc1c(Cl)cccc1-c1ccc(CNc2ccc(F)cc2)o1. The van der Waals surface area contributed by atoms with E-state index in [2.05, 4.69) is 5.32 Å². The molecule has 4 heteroatoms. The maximum Gasteiger partial charge on any atom is 0.134 e. The molecular weight excluding hydrogens is 301 g/mol. The Morgan fingerprint density at radius 2 is 1.82 bits per heavy atom. The quantitative estimate of drug-likeness (QED) is 0.672. The van der Waals surface area contributed by atoms with E-state index in [1.165, 1.54) is 12.1 Å². The highest BCUT2D eigenvalue weighted by atomic mass is 35.5. The van der Waals surface area contributed by atoms with Crippen LogP contribution in [0.15, 0.2) is 59.0 Å². The van der Waals surface area contributed by atoms with Gasteiger partial charge < -0.3 is 9.73 Å². The van der Waals surface area contributed by atoms with E-state index in [0.717, 1.165) is 33.4 Å². The van der Waals surface area contributed by atoms with Crippen LogP contribution in [-0.4, -0.2) is 0 Å². The topological polar surface area (TPSA) is 25.2 Å². The molecule has 2 nitrogen and oxygen atoms in total. The lowest BCUT2D eigenvalue weighted by molar-refractivity contribution is 0.531. The Bertz CT molecular complexity index is 780. The van der Waals surface area contributed by atoms with Gasteiger partial charge in [0.1, 0.15) is 17.3 Å². The molecule has 1 N–H and O–H groups in total. The largest absolute Gasteiger partial charge is 0.459 e. The smallest absolute Gasteiger partial charge is 0.134 e. The van der Waals surface area contributed by atoms with Crippen molar-refractivity contribution in [2.24, 2.45) is 0 Å². The summed E-state index contributed by atoms with van der Waals surface area (Å²) in [5, 5.41) is 3.91. The monoisotopic (exact) mass is 315 g/mol. The van der Waals surface area contributed by atoms with E-state index in [9.17, 15) is 4.39 Å². The summed E-state index contributed by atoms with van der Waals surface area (Å²) in [5.41, 5.74) is 2.83. The molecule has 0 aliphatic rings. The van der Waals surface area contributed by atoms with Gasteiger partial charge >= 0.3 is 0 Å². The van der Waals surface area contributed by atoms with Crippen molar-refractivity contribution < 1.29 is 8.81 Å². The van der Waals surface area contributed by atoms with Crippen molar-refractivity contribution in [2.75, 3.05) is 5.32 Å². The van der Waals surface area contributed by atoms with Crippen LogP contribution in [0.4, 0.5) is 10.1 Å². The van der Waals surface area contributed by atoms with E-state index in [-0.39, 0.29) is 5.82 Å². The molecule has 112 valence electrons. The highest BCUT2D eigenvalue weighted by molar-refractivity contribution is 6.31. The van der Waals surface area contributed by atoms with Gasteiger partial charge in [0.15, 0.2) is 0 Å². The molecule has 0 unspecified atom stereocenters. The minimum atomic E-state index is -0.248. The Balaban J connectivity index is 1.74. The summed E-state index contributed by atoms with van der Waals surface area (Å²) in [4.78, 5) is 0. The zero-order valence-corrected chi connectivity index (χ0v) is 12.8. The molecule has 3 aromatic rings. The molecule has 22 heavy (non-hydrogen) atoms. The molecule has 1 aromatic heterocycles. The van der Waals surface area contributed by atoms with Gasteiger partial charge in [0, 0.05) is 16.3 Å².